The summed E-state index contributed by atoms with van der Waals surface area (Å²) in [4.78, 5) is 25.0. The van der Waals surface area contributed by atoms with E-state index in [1.807, 2.05) is 0 Å². The molecule has 1 unspecified atom stereocenters. The number of primary amides is 1. The lowest BCUT2D eigenvalue weighted by Gasteiger charge is -2.08. The van der Waals surface area contributed by atoms with Crippen LogP contribution >= 0.6 is 0 Å². The Balaban J connectivity index is 2.49. The second-order valence-corrected chi connectivity index (χ2v) is 3.37. The maximum Gasteiger partial charge on any atom is 0.354 e. The zero-order chi connectivity index (χ0) is 12.8. The molecule has 17 heavy (non-hydrogen) atoms. The first-order valence-corrected chi connectivity index (χ1v) is 4.88. The van der Waals surface area contributed by atoms with Gasteiger partial charge in [-0.2, -0.15) is 0 Å². The van der Waals surface area contributed by atoms with E-state index < -0.39 is 18.0 Å². The number of hydrogen-bond acceptors (Lipinski definition) is 5. The van der Waals surface area contributed by atoms with Crippen LogP contribution in [-0.2, 0) is 11.3 Å². The van der Waals surface area contributed by atoms with Crippen LogP contribution < -0.4 is 11.1 Å². The summed E-state index contributed by atoms with van der Waals surface area (Å²) in [7, 11) is 0. The van der Waals surface area contributed by atoms with Gasteiger partial charge < -0.3 is 21.3 Å². The Kier molecular flexibility index (Phi) is 4.56. The van der Waals surface area contributed by atoms with Gasteiger partial charge in [0.25, 0.3) is 0 Å². The molecule has 1 atom stereocenters. The highest BCUT2D eigenvalue weighted by Gasteiger charge is 2.10. The van der Waals surface area contributed by atoms with Crippen LogP contribution in [0, 0.1) is 0 Å². The summed E-state index contributed by atoms with van der Waals surface area (Å²) in [6, 6.07) is 4.58. The van der Waals surface area contributed by atoms with Crippen molar-refractivity contribution in [2.24, 2.45) is 5.73 Å². The van der Waals surface area contributed by atoms with E-state index in [0.29, 0.717) is 5.69 Å². The Morgan fingerprint density at radius 3 is 2.76 bits per heavy atom. The number of rotatable bonds is 6. The number of amides is 1. The van der Waals surface area contributed by atoms with Gasteiger partial charge in [0.15, 0.2) is 0 Å². The Labute approximate surface area is 97.3 Å². The minimum Gasteiger partial charge on any atom is -0.477 e. The molecule has 0 aromatic carbocycles. The van der Waals surface area contributed by atoms with Gasteiger partial charge in [-0.25, -0.2) is 9.78 Å². The van der Waals surface area contributed by atoms with Gasteiger partial charge in [-0.1, -0.05) is 6.07 Å². The van der Waals surface area contributed by atoms with Crippen molar-refractivity contribution < 1.29 is 19.8 Å². The first-order valence-electron chi connectivity index (χ1n) is 4.88. The van der Waals surface area contributed by atoms with Crippen molar-refractivity contribution in [3.63, 3.8) is 0 Å². The summed E-state index contributed by atoms with van der Waals surface area (Å²) >= 11 is 0. The van der Waals surface area contributed by atoms with Crippen LogP contribution in [0.3, 0.4) is 0 Å². The van der Waals surface area contributed by atoms with Crippen molar-refractivity contribution in [2.75, 3.05) is 6.54 Å². The molecule has 5 N–H and O–H groups in total. The lowest BCUT2D eigenvalue weighted by atomic mass is 10.3. The number of carbonyl (C=O) groups is 2. The number of nitrogens with one attached hydrogen (secondary N) is 1. The summed E-state index contributed by atoms with van der Waals surface area (Å²) in [6.45, 7) is 0.236. The Morgan fingerprint density at radius 1 is 1.47 bits per heavy atom. The fourth-order valence-electron chi connectivity index (χ4n) is 1.13. The summed E-state index contributed by atoms with van der Waals surface area (Å²) in [5.41, 5.74) is 5.30. The fraction of sp³-hybridized carbons (Fsp3) is 0.300. The number of aromatic carboxylic acids is 1. The predicted octanol–water partition coefficient (Wildman–Crippen LogP) is -1.28. The van der Waals surface area contributed by atoms with Crippen LogP contribution in [0.4, 0.5) is 0 Å². The van der Waals surface area contributed by atoms with E-state index in [0.717, 1.165) is 0 Å². The lowest BCUT2D eigenvalue weighted by Crippen LogP contribution is -2.37. The third kappa shape index (κ3) is 4.17. The van der Waals surface area contributed by atoms with Crippen LogP contribution in [0.5, 0.6) is 0 Å². The quantitative estimate of drug-likeness (QED) is 0.489. The zero-order valence-corrected chi connectivity index (χ0v) is 8.96. The number of pyridine rings is 1. The van der Waals surface area contributed by atoms with Crippen LogP contribution in [0.15, 0.2) is 18.2 Å². The number of nitrogens with two attached hydrogens (primary N) is 1. The molecular formula is C10H13N3O4. The number of carboxylic acid groups (broad SMARTS) is 1. The first kappa shape index (κ1) is 13.1. The summed E-state index contributed by atoms with van der Waals surface area (Å²) in [5.74, 6) is -1.92. The molecule has 1 heterocycles. The maximum absolute atomic E-state index is 10.6. The summed E-state index contributed by atoms with van der Waals surface area (Å²) in [6.07, 6.45) is -1.27. The zero-order valence-electron chi connectivity index (χ0n) is 8.96. The molecule has 1 amide bonds. The number of aliphatic hydroxyl groups excluding tert-OH is 1. The van der Waals surface area contributed by atoms with Crippen LogP contribution in [-0.4, -0.2) is 39.7 Å². The van der Waals surface area contributed by atoms with Gasteiger partial charge in [0.2, 0.25) is 5.91 Å². The van der Waals surface area contributed by atoms with E-state index in [9.17, 15) is 9.59 Å². The third-order valence-corrected chi connectivity index (χ3v) is 2.00. The Hall–Kier alpha value is -1.99. The number of aromatic nitrogens is 1. The highest BCUT2D eigenvalue weighted by atomic mass is 16.4. The van der Waals surface area contributed by atoms with Gasteiger partial charge in [-0.15, -0.1) is 0 Å². The van der Waals surface area contributed by atoms with Crippen molar-refractivity contribution >= 4 is 11.9 Å². The van der Waals surface area contributed by atoms with Gasteiger partial charge in [0.1, 0.15) is 11.8 Å². The van der Waals surface area contributed by atoms with E-state index in [1.54, 1.807) is 12.1 Å². The fourth-order valence-corrected chi connectivity index (χ4v) is 1.13. The van der Waals surface area contributed by atoms with Gasteiger partial charge in [-0.3, -0.25) is 4.79 Å². The van der Waals surface area contributed by atoms with Crippen molar-refractivity contribution in [3.05, 3.63) is 29.6 Å². The minimum atomic E-state index is -1.27. The number of carboxylic acids is 1. The number of aliphatic hydroxyl groups is 1. The largest absolute Gasteiger partial charge is 0.477 e. The van der Waals surface area contributed by atoms with Gasteiger partial charge in [0, 0.05) is 13.1 Å². The predicted molar refractivity (Wildman–Crippen MR) is 58.1 cm³/mol. The summed E-state index contributed by atoms with van der Waals surface area (Å²) < 4.78 is 0. The molecule has 1 aromatic heterocycles. The van der Waals surface area contributed by atoms with E-state index in [-0.39, 0.29) is 18.8 Å². The molecule has 0 fully saturated rings. The second kappa shape index (κ2) is 5.92. The number of hydrogen-bond donors (Lipinski definition) is 4. The smallest absolute Gasteiger partial charge is 0.354 e. The monoisotopic (exact) mass is 239 g/mol. The third-order valence-electron chi connectivity index (χ3n) is 2.00. The molecule has 0 bridgehead atoms. The standard InChI is InChI=1S/C10H13N3O4/c11-9(15)8(14)5-12-4-6-2-1-3-7(13-6)10(16)17/h1-3,8,12,14H,4-5H2,(H2,11,15)(H,16,17). The van der Waals surface area contributed by atoms with Crippen molar-refractivity contribution in [3.8, 4) is 0 Å². The molecule has 0 aliphatic rings. The highest BCUT2D eigenvalue weighted by Crippen LogP contribution is 1.99. The second-order valence-electron chi connectivity index (χ2n) is 3.37. The van der Waals surface area contributed by atoms with Crippen molar-refractivity contribution in [2.45, 2.75) is 12.6 Å². The normalized spacial score (nSPS) is 12.1. The Bertz CT molecular complexity index is 422. The first-order chi connectivity index (χ1) is 8.00. The Morgan fingerprint density at radius 2 is 2.18 bits per heavy atom. The van der Waals surface area contributed by atoms with E-state index in [1.165, 1.54) is 6.07 Å². The van der Waals surface area contributed by atoms with E-state index in [4.69, 9.17) is 15.9 Å². The number of nitrogens with zero attached hydrogens (tertiary/aromatic N) is 1. The van der Waals surface area contributed by atoms with Gasteiger partial charge >= 0.3 is 5.97 Å². The summed E-state index contributed by atoms with van der Waals surface area (Å²) in [5, 5.41) is 20.5. The molecule has 7 nitrogen and oxygen atoms in total. The molecule has 0 aliphatic heterocycles. The lowest BCUT2D eigenvalue weighted by molar-refractivity contribution is -0.125. The minimum absolute atomic E-state index is 0.00564. The number of carbonyl (C=O) groups excluding carboxylic acids is 1. The van der Waals surface area contributed by atoms with Gasteiger partial charge in [0.05, 0.1) is 5.69 Å². The molecule has 92 valence electrons. The van der Waals surface area contributed by atoms with Crippen LogP contribution in [0.25, 0.3) is 0 Å². The van der Waals surface area contributed by atoms with Crippen molar-refractivity contribution in [1.29, 1.82) is 0 Å². The molecule has 0 aliphatic carbocycles. The average molecular weight is 239 g/mol. The topological polar surface area (TPSA) is 126 Å². The molecule has 0 saturated heterocycles. The molecular weight excluding hydrogens is 226 g/mol. The molecule has 1 rings (SSSR count). The highest BCUT2D eigenvalue weighted by molar-refractivity contribution is 5.85. The molecule has 0 saturated carbocycles. The van der Waals surface area contributed by atoms with Gasteiger partial charge in [-0.05, 0) is 12.1 Å². The maximum atomic E-state index is 10.6. The van der Waals surface area contributed by atoms with Crippen LogP contribution in [0.1, 0.15) is 16.2 Å². The molecule has 7 heteroatoms. The van der Waals surface area contributed by atoms with Crippen LogP contribution in [0.2, 0.25) is 0 Å². The molecule has 0 spiro atoms. The average Bonchev–Trinajstić information content (AvgIpc) is 2.29. The SMILES string of the molecule is NC(=O)C(O)CNCc1cccc(C(=O)O)n1. The molecule has 1 aromatic rings. The van der Waals surface area contributed by atoms with Crippen molar-refractivity contribution in [1.82, 2.24) is 10.3 Å². The molecule has 0 radical (unpaired) electrons. The van der Waals surface area contributed by atoms with E-state index >= 15 is 0 Å². The van der Waals surface area contributed by atoms with E-state index in [2.05, 4.69) is 10.3 Å².